The molecule has 1 aromatic carbocycles. The number of carbonyl (C=O) groups excluding carboxylic acids is 1. The van der Waals surface area contributed by atoms with Crippen LogP contribution in [0, 0.1) is 0 Å². The maximum Gasteiger partial charge on any atom is 0.239 e. The van der Waals surface area contributed by atoms with Crippen LogP contribution >= 0.6 is 0 Å². The molecule has 0 bridgehead atoms. The van der Waals surface area contributed by atoms with Crippen LogP contribution in [-0.2, 0) is 9.53 Å². The first-order valence-electron chi connectivity index (χ1n) is 9.05. The highest BCUT2D eigenvalue weighted by Gasteiger charge is 2.27. The van der Waals surface area contributed by atoms with Crippen LogP contribution in [0.25, 0.3) is 0 Å². The molecular formula is C19H30N4O4. The molecule has 8 nitrogen and oxygen atoms in total. The molecular weight excluding hydrogens is 348 g/mol. The second-order valence-electron chi connectivity index (χ2n) is 6.32. The molecule has 0 aromatic heterocycles. The van der Waals surface area contributed by atoms with Gasteiger partial charge in [-0.1, -0.05) is 0 Å². The normalized spacial score (nSPS) is 17.0. The number of guanidine groups is 1. The molecule has 2 rings (SSSR count). The van der Waals surface area contributed by atoms with Gasteiger partial charge in [0, 0.05) is 45.8 Å². The molecule has 0 aliphatic carbocycles. The van der Waals surface area contributed by atoms with Gasteiger partial charge in [0.1, 0.15) is 11.5 Å². The fraction of sp³-hybridized carbons (Fsp3) is 0.579. The van der Waals surface area contributed by atoms with E-state index >= 15 is 0 Å². The number of likely N-dealkylation sites (tertiary alicyclic amines) is 1. The fourth-order valence-corrected chi connectivity index (χ4v) is 3.14. The van der Waals surface area contributed by atoms with Crippen LogP contribution in [-0.4, -0.2) is 77.9 Å². The summed E-state index contributed by atoms with van der Waals surface area (Å²) in [5.41, 5.74) is 1.18. The highest BCUT2D eigenvalue weighted by Crippen LogP contribution is 2.32. The lowest BCUT2D eigenvalue weighted by Crippen LogP contribution is -2.45. The Hall–Kier alpha value is -2.48. The number of aliphatic imine (C=N–C) groups is 1. The van der Waals surface area contributed by atoms with Gasteiger partial charge in [-0.15, -0.1) is 0 Å². The van der Waals surface area contributed by atoms with Crippen LogP contribution < -0.4 is 20.1 Å². The van der Waals surface area contributed by atoms with Gasteiger partial charge in [-0.05, 0) is 24.1 Å². The van der Waals surface area contributed by atoms with Crippen molar-refractivity contribution in [3.05, 3.63) is 23.8 Å². The van der Waals surface area contributed by atoms with E-state index in [-0.39, 0.29) is 12.5 Å². The molecule has 1 unspecified atom stereocenters. The molecule has 150 valence electrons. The van der Waals surface area contributed by atoms with E-state index in [1.54, 1.807) is 28.4 Å². The molecule has 1 aromatic rings. The largest absolute Gasteiger partial charge is 0.497 e. The minimum absolute atomic E-state index is 0.0820. The first kappa shape index (κ1) is 20.8. The van der Waals surface area contributed by atoms with Gasteiger partial charge in [-0.25, -0.2) is 0 Å². The summed E-state index contributed by atoms with van der Waals surface area (Å²) >= 11 is 0. The average Bonchev–Trinajstić information content (AvgIpc) is 3.18. The summed E-state index contributed by atoms with van der Waals surface area (Å²) in [6.45, 7) is 2.87. The number of methoxy groups -OCH3 is 3. The van der Waals surface area contributed by atoms with Crippen molar-refractivity contribution in [1.29, 1.82) is 0 Å². The highest BCUT2D eigenvalue weighted by molar-refractivity contribution is 5.86. The first-order chi connectivity index (χ1) is 13.1. The smallest absolute Gasteiger partial charge is 0.239 e. The Balaban J connectivity index is 1.92. The summed E-state index contributed by atoms with van der Waals surface area (Å²) in [5.74, 6) is 2.58. The van der Waals surface area contributed by atoms with E-state index < -0.39 is 0 Å². The SMILES string of the molecule is CN=C(NCC(=O)NCCOC)N1CCC(c2cc(OC)cc(OC)c2)C1. The Labute approximate surface area is 160 Å². The Kier molecular flexibility index (Phi) is 8.19. The Morgan fingerprint density at radius 1 is 1.19 bits per heavy atom. The number of carbonyl (C=O) groups is 1. The van der Waals surface area contributed by atoms with E-state index in [9.17, 15) is 4.79 Å². The molecule has 1 saturated heterocycles. The second-order valence-corrected chi connectivity index (χ2v) is 6.32. The summed E-state index contributed by atoms with van der Waals surface area (Å²) in [4.78, 5) is 18.3. The van der Waals surface area contributed by atoms with Crippen molar-refractivity contribution in [2.24, 2.45) is 4.99 Å². The predicted molar refractivity (Wildman–Crippen MR) is 105 cm³/mol. The minimum atomic E-state index is -0.0820. The third-order valence-electron chi connectivity index (χ3n) is 4.58. The highest BCUT2D eigenvalue weighted by atomic mass is 16.5. The number of nitrogens with zero attached hydrogens (tertiary/aromatic N) is 2. The van der Waals surface area contributed by atoms with Gasteiger partial charge in [0.2, 0.25) is 5.91 Å². The topological polar surface area (TPSA) is 84.4 Å². The molecule has 1 aliphatic rings. The quantitative estimate of drug-likeness (QED) is 0.396. The molecule has 1 heterocycles. The van der Waals surface area contributed by atoms with Crippen molar-refractivity contribution in [2.45, 2.75) is 12.3 Å². The third kappa shape index (κ3) is 6.02. The van der Waals surface area contributed by atoms with Crippen LogP contribution in [0.5, 0.6) is 11.5 Å². The van der Waals surface area contributed by atoms with Crippen molar-refractivity contribution in [3.63, 3.8) is 0 Å². The number of nitrogens with one attached hydrogen (secondary N) is 2. The van der Waals surface area contributed by atoms with Gasteiger partial charge in [0.15, 0.2) is 5.96 Å². The van der Waals surface area contributed by atoms with E-state index in [1.807, 2.05) is 6.07 Å². The molecule has 1 amide bonds. The van der Waals surface area contributed by atoms with E-state index in [0.717, 1.165) is 37.0 Å². The number of benzene rings is 1. The predicted octanol–water partition coefficient (Wildman–Crippen LogP) is 0.831. The van der Waals surface area contributed by atoms with Crippen molar-refractivity contribution in [3.8, 4) is 11.5 Å². The summed E-state index contributed by atoms with van der Waals surface area (Å²) in [7, 11) is 6.65. The van der Waals surface area contributed by atoms with Crippen molar-refractivity contribution < 1.29 is 19.0 Å². The van der Waals surface area contributed by atoms with E-state index in [1.165, 1.54) is 5.56 Å². The van der Waals surface area contributed by atoms with Gasteiger partial charge in [0.05, 0.1) is 27.4 Å². The molecule has 0 radical (unpaired) electrons. The summed E-state index contributed by atoms with van der Waals surface area (Å²) < 4.78 is 15.7. The lowest BCUT2D eigenvalue weighted by Gasteiger charge is -2.22. The Morgan fingerprint density at radius 2 is 1.89 bits per heavy atom. The molecule has 0 saturated carbocycles. The lowest BCUT2D eigenvalue weighted by atomic mass is 9.98. The molecule has 1 atom stereocenters. The fourth-order valence-electron chi connectivity index (χ4n) is 3.14. The second kappa shape index (κ2) is 10.6. The monoisotopic (exact) mass is 378 g/mol. The van der Waals surface area contributed by atoms with E-state index in [2.05, 4.69) is 32.7 Å². The summed E-state index contributed by atoms with van der Waals surface area (Å²) in [5, 5.41) is 5.91. The number of hydrogen-bond acceptors (Lipinski definition) is 5. The molecule has 0 spiro atoms. The number of hydrogen-bond donors (Lipinski definition) is 2. The first-order valence-corrected chi connectivity index (χ1v) is 9.05. The minimum Gasteiger partial charge on any atom is -0.497 e. The van der Waals surface area contributed by atoms with Gasteiger partial charge in [0.25, 0.3) is 0 Å². The summed E-state index contributed by atoms with van der Waals surface area (Å²) in [6, 6.07) is 5.98. The van der Waals surface area contributed by atoms with Gasteiger partial charge >= 0.3 is 0 Å². The number of amides is 1. The van der Waals surface area contributed by atoms with Gasteiger partial charge in [-0.3, -0.25) is 9.79 Å². The lowest BCUT2D eigenvalue weighted by molar-refractivity contribution is -0.120. The van der Waals surface area contributed by atoms with E-state index in [4.69, 9.17) is 14.2 Å². The number of ether oxygens (including phenoxy) is 3. The standard InChI is InChI=1S/C19H30N4O4/c1-20-19(22-12-18(24)21-6-8-25-2)23-7-5-14(13-23)15-9-16(26-3)11-17(10-15)27-4/h9-11,14H,5-8,12-13H2,1-4H3,(H,20,22)(H,21,24). The third-order valence-corrected chi connectivity index (χ3v) is 4.58. The van der Waals surface area contributed by atoms with E-state index in [0.29, 0.717) is 19.1 Å². The zero-order chi connectivity index (χ0) is 19.6. The van der Waals surface area contributed by atoms with Gasteiger partial charge < -0.3 is 29.7 Å². The van der Waals surface area contributed by atoms with Crippen LogP contribution in [0.2, 0.25) is 0 Å². The zero-order valence-electron chi connectivity index (χ0n) is 16.6. The van der Waals surface area contributed by atoms with Crippen LogP contribution in [0.1, 0.15) is 17.9 Å². The Morgan fingerprint density at radius 3 is 2.48 bits per heavy atom. The van der Waals surface area contributed by atoms with Crippen LogP contribution in [0.15, 0.2) is 23.2 Å². The van der Waals surface area contributed by atoms with Crippen molar-refractivity contribution in [2.75, 3.05) is 61.2 Å². The van der Waals surface area contributed by atoms with Gasteiger partial charge in [-0.2, -0.15) is 0 Å². The molecule has 1 fully saturated rings. The Bertz CT molecular complexity index is 628. The molecule has 8 heteroatoms. The van der Waals surface area contributed by atoms with Crippen LogP contribution in [0.4, 0.5) is 0 Å². The zero-order valence-corrected chi connectivity index (χ0v) is 16.6. The molecule has 1 aliphatic heterocycles. The summed E-state index contributed by atoms with van der Waals surface area (Å²) in [6.07, 6.45) is 0.997. The average molecular weight is 378 g/mol. The van der Waals surface area contributed by atoms with Crippen LogP contribution in [0.3, 0.4) is 0 Å². The maximum atomic E-state index is 11.8. The van der Waals surface area contributed by atoms with Crippen molar-refractivity contribution >= 4 is 11.9 Å². The number of rotatable bonds is 8. The maximum absolute atomic E-state index is 11.8. The molecule has 2 N–H and O–H groups in total. The van der Waals surface area contributed by atoms with Crippen molar-refractivity contribution in [1.82, 2.24) is 15.5 Å². The molecule has 27 heavy (non-hydrogen) atoms.